The fraction of sp³-hybridized carbons (Fsp3) is 0.371. The lowest BCUT2D eigenvalue weighted by atomic mass is 9.92. The maximum atomic E-state index is 12.0. The SMILES string of the molecule is CC(C)(C)c1cc(=O)n2cc(Br)ccc2n1.CC(C)(C)c1nc2ncc(Cl)cc2[nH]1.Cc1cccc2nc(C(C)(C)C)cc(=O)n12. The maximum absolute atomic E-state index is 12.0. The highest BCUT2D eigenvalue weighted by Crippen LogP contribution is 2.23. The minimum atomic E-state index is -0.110. The Hall–Kier alpha value is -3.89. The van der Waals surface area contributed by atoms with Crippen molar-refractivity contribution in [3.8, 4) is 0 Å². The monoisotopic (exact) mass is 705 g/mol. The van der Waals surface area contributed by atoms with Crippen molar-refractivity contribution in [2.45, 2.75) is 85.5 Å². The molecule has 0 unspecified atom stereocenters. The molecule has 0 saturated carbocycles. The van der Waals surface area contributed by atoms with Gasteiger partial charge < -0.3 is 4.98 Å². The molecule has 6 aromatic heterocycles. The zero-order chi connectivity index (χ0) is 34.2. The first kappa shape index (κ1) is 35.0. The number of rotatable bonds is 0. The zero-order valence-electron chi connectivity index (χ0n) is 28.0. The standard InChI is InChI=1S/C13H16N2O.C12H13BrN2O.C10H12ClN3/c1-9-6-5-7-11-14-10(13(2,3)4)8-12(16)15(9)11;1-12(2,3)9-6-11(16)15-7-8(13)4-5-10(15)14-9;1-10(2,3)9-13-7-4-6(11)5-12-8(7)14-9/h5-8H,1-4H3;4-7H,1-3H3;4-5H,1-3H3,(H,12,13,14). The average molecular weight is 707 g/mol. The molecule has 0 fully saturated rings. The van der Waals surface area contributed by atoms with Crippen molar-refractivity contribution in [1.82, 2.24) is 33.7 Å². The van der Waals surface area contributed by atoms with Crippen molar-refractivity contribution >= 4 is 50.0 Å². The van der Waals surface area contributed by atoms with Crippen LogP contribution in [0, 0.1) is 6.92 Å². The predicted molar refractivity (Wildman–Crippen MR) is 190 cm³/mol. The first-order chi connectivity index (χ1) is 21.2. The zero-order valence-corrected chi connectivity index (χ0v) is 30.4. The molecule has 0 bridgehead atoms. The maximum Gasteiger partial charge on any atom is 0.258 e. The summed E-state index contributed by atoms with van der Waals surface area (Å²) in [6, 6.07) is 14.5. The Morgan fingerprint density at radius 2 is 1.37 bits per heavy atom. The van der Waals surface area contributed by atoms with Crippen LogP contribution in [0.25, 0.3) is 22.5 Å². The molecule has 0 aromatic carbocycles. The minimum absolute atomic E-state index is 0.00646. The molecular formula is C35H41BrClN7O2. The van der Waals surface area contributed by atoms with Crippen molar-refractivity contribution in [1.29, 1.82) is 0 Å². The van der Waals surface area contributed by atoms with Gasteiger partial charge in [0, 0.05) is 50.9 Å². The molecule has 6 aromatic rings. The molecule has 0 aliphatic rings. The van der Waals surface area contributed by atoms with Gasteiger partial charge in [-0.1, -0.05) is 80.0 Å². The van der Waals surface area contributed by atoms with Gasteiger partial charge in [0.25, 0.3) is 11.1 Å². The van der Waals surface area contributed by atoms with E-state index in [2.05, 4.69) is 82.4 Å². The van der Waals surface area contributed by atoms with Crippen LogP contribution >= 0.6 is 27.5 Å². The second-order valence-corrected chi connectivity index (χ2v) is 15.6. The quantitative estimate of drug-likeness (QED) is 0.172. The highest BCUT2D eigenvalue weighted by molar-refractivity contribution is 9.10. The highest BCUT2D eigenvalue weighted by atomic mass is 79.9. The summed E-state index contributed by atoms with van der Waals surface area (Å²) in [5, 5.41) is 0.626. The van der Waals surface area contributed by atoms with Gasteiger partial charge in [-0.05, 0) is 53.2 Å². The minimum Gasteiger partial charge on any atom is -0.340 e. The first-order valence-electron chi connectivity index (χ1n) is 14.9. The van der Waals surface area contributed by atoms with Gasteiger partial charge in [-0.25, -0.2) is 19.9 Å². The Morgan fingerprint density at radius 3 is 1.98 bits per heavy atom. The number of H-pyrrole nitrogens is 1. The number of pyridine rings is 3. The van der Waals surface area contributed by atoms with E-state index in [0.717, 1.165) is 44.2 Å². The van der Waals surface area contributed by atoms with Gasteiger partial charge in [-0.3, -0.25) is 18.4 Å². The second-order valence-electron chi connectivity index (χ2n) is 14.3. The lowest BCUT2D eigenvalue weighted by molar-refractivity contribution is 0.554. The Balaban J connectivity index is 0.000000157. The number of hydrogen-bond donors (Lipinski definition) is 1. The van der Waals surface area contributed by atoms with Gasteiger partial charge in [0.05, 0.1) is 21.9 Å². The Kier molecular flexibility index (Phi) is 9.94. The van der Waals surface area contributed by atoms with Crippen LogP contribution in [0.4, 0.5) is 0 Å². The lowest BCUT2D eigenvalue weighted by Gasteiger charge is -2.18. The summed E-state index contributed by atoms with van der Waals surface area (Å²) in [5.41, 5.74) is 5.33. The van der Waals surface area contributed by atoms with Crippen molar-refractivity contribution in [3.05, 3.63) is 114 Å². The number of nitrogens with one attached hydrogen (secondary N) is 1. The van der Waals surface area contributed by atoms with Gasteiger partial charge in [0.1, 0.15) is 17.1 Å². The van der Waals surface area contributed by atoms with Crippen LogP contribution in [0.1, 0.15) is 85.2 Å². The van der Waals surface area contributed by atoms with Gasteiger partial charge in [0.15, 0.2) is 5.65 Å². The Bertz CT molecular complexity index is 2150. The summed E-state index contributed by atoms with van der Waals surface area (Å²) in [6.45, 7) is 20.5. The van der Waals surface area contributed by atoms with Gasteiger partial charge in [-0.2, -0.15) is 0 Å². The number of hydrogen-bond acceptors (Lipinski definition) is 6. The third-order valence-corrected chi connectivity index (χ3v) is 7.73. The molecule has 242 valence electrons. The number of aromatic nitrogens is 7. The van der Waals surface area contributed by atoms with Crippen LogP contribution in [0.5, 0.6) is 0 Å². The van der Waals surface area contributed by atoms with Crippen LogP contribution in [0.3, 0.4) is 0 Å². The summed E-state index contributed by atoms with van der Waals surface area (Å²) in [6.07, 6.45) is 3.34. The second kappa shape index (κ2) is 13.1. The van der Waals surface area contributed by atoms with Crippen molar-refractivity contribution < 1.29 is 0 Å². The smallest absolute Gasteiger partial charge is 0.258 e. The van der Waals surface area contributed by atoms with Crippen LogP contribution in [-0.2, 0) is 16.2 Å². The van der Waals surface area contributed by atoms with Crippen molar-refractivity contribution in [2.75, 3.05) is 0 Å². The van der Waals surface area contributed by atoms with E-state index in [4.69, 9.17) is 11.6 Å². The van der Waals surface area contributed by atoms with Crippen LogP contribution in [-0.4, -0.2) is 33.7 Å². The summed E-state index contributed by atoms with van der Waals surface area (Å²) < 4.78 is 4.04. The van der Waals surface area contributed by atoms with E-state index in [9.17, 15) is 9.59 Å². The van der Waals surface area contributed by atoms with E-state index < -0.39 is 0 Å². The van der Waals surface area contributed by atoms with Crippen LogP contribution in [0.15, 0.2) is 75.0 Å². The normalized spacial score (nSPS) is 12.1. The van der Waals surface area contributed by atoms with Crippen LogP contribution < -0.4 is 11.1 Å². The number of aryl methyl sites for hydroxylation is 1. The summed E-state index contributed by atoms with van der Waals surface area (Å²) in [4.78, 5) is 44.7. The molecule has 6 heterocycles. The summed E-state index contributed by atoms with van der Waals surface area (Å²) in [7, 11) is 0. The topological polar surface area (TPSA) is 110 Å². The van der Waals surface area contributed by atoms with Crippen LogP contribution in [0.2, 0.25) is 5.02 Å². The number of imidazole rings is 1. The van der Waals surface area contributed by atoms with E-state index in [1.807, 2.05) is 64.1 Å². The van der Waals surface area contributed by atoms with Gasteiger partial charge in [0.2, 0.25) is 0 Å². The molecule has 1 N–H and O–H groups in total. The first-order valence-corrected chi connectivity index (χ1v) is 16.1. The van der Waals surface area contributed by atoms with Gasteiger partial charge >= 0.3 is 0 Å². The van der Waals surface area contributed by atoms with Gasteiger partial charge in [-0.15, -0.1) is 0 Å². The molecule has 0 amide bonds. The van der Waals surface area contributed by atoms with E-state index in [0.29, 0.717) is 10.7 Å². The predicted octanol–water partition coefficient (Wildman–Crippen LogP) is 7.96. The third-order valence-electron chi connectivity index (χ3n) is 7.05. The van der Waals surface area contributed by atoms with E-state index >= 15 is 0 Å². The lowest BCUT2D eigenvalue weighted by Crippen LogP contribution is -2.23. The van der Waals surface area contributed by atoms with Crippen molar-refractivity contribution in [2.24, 2.45) is 0 Å². The van der Waals surface area contributed by atoms with E-state index in [1.165, 1.54) is 0 Å². The molecule has 0 aliphatic heterocycles. The molecule has 46 heavy (non-hydrogen) atoms. The fourth-order valence-corrected chi connectivity index (χ4v) is 4.88. The third kappa shape index (κ3) is 8.27. The average Bonchev–Trinajstić information content (AvgIpc) is 3.37. The molecule has 0 saturated heterocycles. The molecule has 0 spiro atoms. The molecule has 6 rings (SSSR count). The number of halogens is 2. The van der Waals surface area contributed by atoms with E-state index in [1.54, 1.807) is 33.3 Å². The molecular weight excluding hydrogens is 666 g/mol. The Labute approximate surface area is 282 Å². The number of nitrogens with zero attached hydrogens (tertiary/aromatic N) is 6. The molecule has 0 aliphatic carbocycles. The highest BCUT2D eigenvalue weighted by Gasteiger charge is 2.19. The number of fused-ring (bicyclic) bond motifs is 3. The molecule has 0 atom stereocenters. The van der Waals surface area contributed by atoms with Crippen molar-refractivity contribution in [3.63, 3.8) is 0 Å². The van der Waals surface area contributed by atoms with E-state index in [-0.39, 0.29) is 27.4 Å². The molecule has 0 radical (unpaired) electrons. The number of aromatic amines is 1. The molecule has 9 nitrogen and oxygen atoms in total. The summed E-state index contributed by atoms with van der Waals surface area (Å²) in [5.74, 6) is 0.933. The summed E-state index contributed by atoms with van der Waals surface area (Å²) >= 11 is 9.17. The largest absolute Gasteiger partial charge is 0.340 e. The fourth-order valence-electron chi connectivity index (χ4n) is 4.39. The Morgan fingerprint density at radius 1 is 0.761 bits per heavy atom. The molecule has 11 heteroatoms.